The van der Waals surface area contributed by atoms with Crippen LogP contribution in [0.4, 0.5) is 0 Å². The van der Waals surface area contributed by atoms with Gasteiger partial charge in [-0.15, -0.1) is 13.1 Å². The summed E-state index contributed by atoms with van der Waals surface area (Å²) < 4.78 is 8.22. The van der Waals surface area contributed by atoms with Gasteiger partial charge in [0.2, 0.25) is 0 Å². The Morgan fingerprint density at radius 1 is 1.00 bits per heavy atom. The van der Waals surface area contributed by atoms with Crippen molar-refractivity contribution in [2.45, 2.75) is 0 Å². The number of rotatable bonds is 8. The number of carboxylic acid groups (broad SMARTS) is 1. The number of carboxylic acids is 1. The molecule has 0 rings (SSSR count). The Balaban J connectivity index is 0. The molecule has 0 atom stereocenters. The van der Waals surface area contributed by atoms with E-state index in [2.05, 4.69) is 28.6 Å². The van der Waals surface area contributed by atoms with Crippen LogP contribution in [0.25, 0.3) is 16.0 Å². The average molecular weight is 360 g/mol. The Labute approximate surface area is 120 Å². The summed E-state index contributed by atoms with van der Waals surface area (Å²) in [7, 11) is 0. The molecule has 0 aromatic rings. The second-order valence-electron chi connectivity index (χ2n) is 2.62. The van der Waals surface area contributed by atoms with Crippen molar-refractivity contribution in [1.29, 1.82) is 0 Å². The summed E-state index contributed by atoms with van der Waals surface area (Å²) in [5.74, 6) is -1.95. The van der Waals surface area contributed by atoms with Gasteiger partial charge < -0.3 is 43.3 Å². The number of carbonyl (C=O) groups is 3. The summed E-state index contributed by atoms with van der Waals surface area (Å²) in [4.78, 5) is 31.8. The van der Waals surface area contributed by atoms with E-state index in [0.717, 1.165) is 18.9 Å². The molecular weight excluding hydrogens is 349 g/mol. The van der Waals surface area contributed by atoms with Crippen LogP contribution < -0.4 is 0 Å². The molecule has 10 heteroatoms. The summed E-state index contributed by atoms with van der Waals surface area (Å²) in [5, 5.41) is 18.5. The van der Waals surface area contributed by atoms with Gasteiger partial charge in [0.15, 0.2) is 0 Å². The molecule has 0 aliphatic rings. The van der Waals surface area contributed by atoms with Gasteiger partial charge in [0.05, 0.1) is 0 Å². The molecule has 2 amide bonds. The van der Waals surface area contributed by atoms with Crippen molar-refractivity contribution in [3.05, 3.63) is 16.0 Å². The molecule has 101 valence electrons. The van der Waals surface area contributed by atoms with Crippen LogP contribution in [0.15, 0.2) is 0 Å². The molecule has 0 aromatic heterocycles. The van der Waals surface area contributed by atoms with E-state index in [0.29, 0.717) is 5.75 Å². The zero-order valence-electron chi connectivity index (χ0n) is 9.24. The number of carbonyl (C=O) groups excluding carboxylic acids is 2. The first-order valence-electron chi connectivity index (χ1n) is 4.55. The Morgan fingerprint density at radius 3 is 1.94 bits per heavy atom. The maximum atomic E-state index is 10.9. The van der Waals surface area contributed by atoms with Crippen LogP contribution in [0.1, 0.15) is 0 Å². The molecule has 0 bridgehead atoms. The van der Waals surface area contributed by atoms with E-state index in [1.807, 2.05) is 0 Å². The van der Waals surface area contributed by atoms with Crippen LogP contribution >= 0.6 is 0 Å². The van der Waals surface area contributed by atoms with E-state index in [1.54, 1.807) is 0 Å². The molecule has 0 aliphatic heterocycles. The van der Waals surface area contributed by atoms with E-state index in [9.17, 15) is 14.4 Å². The molecular formula is C8H11N3O5STc. The van der Waals surface area contributed by atoms with Gasteiger partial charge in [0.1, 0.15) is 0 Å². The van der Waals surface area contributed by atoms with Crippen LogP contribution in [-0.4, -0.2) is 54.8 Å². The monoisotopic (exact) mass is 360 g/mol. The van der Waals surface area contributed by atoms with Gasteiger partial charge >= 0.3 is 22.4 Å². The van der Waals surface area contributed by atoms with Crippen molar-refractivity contribution >= 4 is 30.4 Å². The first-order valence-corrected chi connectivity index (χ1v) is 5.89. The van der Waals surface area contributed by atoms with E-state index < -0.39 is 24.3 Å². The number of hydrogen-bond donors (Lipinski definition) is 1. The zero-order valence-corrected chi connectivity index (χ0v) is 11.9. The topological polar surface area (TPSA) is 131 Å². The third kappa shape index (κ3) is 15.2. The van der Waals surface area contributed by atoms with Crippen LogP contribution in [0.2, 0.25) is 0 Å². The van der Waals surface area contributed by atoms with E-state index in [-0.39, 0.29) is 19.6 Å². The number of hydrogen-bond acceptors (Lipinski definition) is 5. The fourth-order valence-corrected chi connectivity index (χ4v) is 0.765. The van der Waals surface area contributed by atoms with Crippen LogP contribution in [-0.2, 0) is 49.4 Å². The van der Waals surface area contributed by atoms with Gasteiger partial charge in [-0.05, 0) is 6.54 Å². The minimum absolute atomic E-state index is 0.205. The summed E-state index contributed by atoms with van der Waals surface area (Å²) in [6.07, 6.45) is 0. The van der Waals surface area contributed by atoms with Crippen molar-refractivity contribution in [1.82, 2.24) is 0 Å². The number of nitrogens with zero attached hydrogens (tertiary/aromatic N) is 3. The van der Waals surface area contributed by atoms with Crippen molar-refractivity contribution in [3.63, 3.8) is 0 Å². The van der Waals surface area contributed by atoms with Gasteiger partial charge in [-0.1, -0.05) is 0 Å². The number of amides is 2. The predicted molar refractivity (Wildman–Crippen MR) is 60.1 cm³/mol. The first-order chi connectivity index (χ1) is 8.56. The predicted octanol–water partition coefficient (Wildman–Crippen LogP) is -0.329. The van der Waals surface area contributed by atoms with E-state index in [1.165, 1.54) is 0 Å². The number of aliphatic carboxylic acids is 1. The summed E-state index contributed by atoms with van der Waals surface area (Å²) in [6, 6.07) is 0. The van der Waals surface area contributed by atoms with Crippen LogP contribution in [0.3, 0.4) is 0 Å². The normalized spacial score (nSPS) is 8.83. The molecule has 0 unspecified atom stereocenters. The third-order valence-corrected chi connectivity index (χ3v) is 1.45. The SMILES string of the molecule is O=C(O)C[N-]C(=O)C[N-]CC(=O)[N-]CC[S-].[O]=[99Tc+4]. The van der Waals surface area contributed by atoms with Gasteiger partial charge in [0, 0.05) is 11.8 Å². The molecule has 0 heterocycles. The molecule has 0 spiro atoms. The van der Waals surface area contributed by atoms with Gasteiger partial charge in [-0.2, -0.15) is 12.3 Å². The second-order valence-corrected chi connectivity index (χ2v) is 3.03. The average Bonchev–Trinajstić information content (AvgIpc) is 2.36. The fraction of sp³-hybridized carbons (Fsp3) is 0.625. The minimum atomic E-state index is -1.19. The van der Waals surface area contributed by atoms with E-state index in [4.69, 9.17) is 8.61 Å². The quantitative estimate of drug-likeness (QED) is 0.590. The fourth-order valence-electron chi connectivity index (χ4n) is 0.673. The third-order valence-electron chi connectivity index (χ3n) is 1.26. The molecule has 0 radical (unpaired) electrons. The Bertz CT molecular complexity index is 279. The Hall–Kier alpha value is -0.831. The first kappa shape index (κ1) is 19.5. The van der Waals surface area contributed by atoms with Crippen molar-refractivity contribution in [2.75, 3.05) is 31.9 Å². The van der Waals surface area contributed by atoms with Crippen molar-refractivity contribution in [2.24, 2.45) is 0 Å². The zero-order chi connectivity index (χ0) is 14.4. The molecule has 0 saturated carbocycles. The van der Waals surface area contributed by atoms with Crippen LogP contribution in [0, 0.1) is 0 Å². The van der Waals surface area contributed by atoms with E-state index >= 15 is 0 Å². The van der Waals surface area contributed by atoms with Gasteiger partial charge in [0.25, 0.3) is 5.97 Å². The molecule has 0 saturated heterocycles. The van der Waals surface area contributed by atoms with Crippen LogP contribution in [0.5, 0.6) is 0 Å². The van der Waals surface area contributed by atoms with Crippen molar-refractivity contribution in [3.8, 4) is 0 Å². The summed E-state index contributed by atoms with van der Waals surface area (Å²) in [5.41, 5.74) is 0. The summed E-state index contributed by atoms with van der Waals surface area (Å²) in [6.45, 7) is -0.824. The van der Waals surface area contributed by atoms with Gasteiger partial charge in [-0.25, -0.2) is 0 Å². The Morgan fingerprint density at radius 2 is 1.50 bits per heavy atom. The standard InChI is InChI=1S/C8H14N3O4S.O.Tc/c12-6(10-1-2-16)3-9-4-7(13)11-5-8(14)15;;/h1-5H2,(H4,10,11,12,13,14,15,16);;/q-1;;+4/p-3/i;;1+1. The molecule has 0 aromatic carbocycles. The Kier molecular flexibility index (Phi) is 15.4. The molecule has 0 aliphatic carbocycles. The molecule has 1 N–H and O–H groups in total. The second kappa shape index (κ2) is 14.2. The molecule has 8 nitrogen and oxygen atoms in total. The molecule has 18 heavy (non-hydrogen) atoms. The van der Waals surface area contributed by atoms with Crippen molar-refractivity contribution < 1.29 is 41.8 Å². The van der Waals surface area contributed by atoms with Gasteiger partial charge in [-0.3, -0.25) is 4.79 Å². The molecule has 0 fully saturated rings. The summed E-state index contributed by atoms with van der Waals surface area (Å²) >= 11 is 5.48. The maximum absolute atomic E-state index is 10.9.